The predicted molar refractivity (Wildman–Crippen MR) is 135 cm³/mol. The van der Waals surface area contributed by atoms with E-state index in [1.54, 1.807) is 22.9 Å². The summed E-state index contributed by atoms with van der Waals surface area (Å²) in [7, 11) is -3.56. The van der Waals surface area contributed by atoms with Gasteiger partial charge in [-0.05, 0) is 36.6 Å². The Morgan fingerprint density at radius 1 is 1.09 bits per heavy atom. The van der Waals surface area contributed by atoms with Gasteiger partial charge in [-0.3, -0.25) is 9.69 Å². The van der Waals surface area contributed by atoms with Crippen LogP contribution in [0, 0.1) is 0 Å². The highest BCUT2D eigenvalue weighted by molar-refractivity contribution is 7.89. The summed E-state index contributed by atoms with van der Waals surface area (Å²) in [4.78, 5) is 15.2. The molecule has 1 aromatic heterocycles. The molecule has 1 N–H and O–H groups in total. The highest BCUT2D eigenvalue weighted by Gasteiger charge is 2.23. The Kier molecular flexibility index (Phi) is 8.15. The van der Waals surface area contributed by atoms with E-state index in [1.165, 1.54) is 9.87 Å². The number of aryl methyl sites for hydroxylation is 1. The van der Waals surface area contributed by atoms with Crippen molar-refractivity contribution in [3.8, 4) is 0 Å². The van der Waals surface area contributed by atoms with Crippen molar-refractivity contribution in [2.75, 3.05) is 26.2 Å². The third-order valence-corrected chi connectivity index (χ3v) is 8.63. The minimum absolute atomic E-state index is 0.00380. The number of carbonyl (C=O) groups is 1. The van der Waals surface area contributed by atoms with Gasteiger partial charge in [0.2, 0.25) is 15.9 Å². The zero-order valence-electron chi connectivity index (χ0n) is 20.4. The van der Waals surface area contributed by atoms with Gasteiger partial charge >= 0.3 is 0 Å². The Labute approximate surface area is 207 Å². The zero-order valence-corrected chi connectivity index (χ0v) is 21.2. The summed E-state index contributed by atoms with van der Waals surface area (Å²) in [5.41, 5.74) is 2.53. The molecule has 0 saturated carbocycles. The molecule has 1 saturated heterocycles. The molecule has 0 aliphatic carbocycles. The number of benzene rings is 2. The van der Waals surface area contributed by atoms with Gasteiger partial charge in [-0.15, -0.1) is 5.10 Å². The normalized spacial score (nSPS) is 15.6. The number of rotatable bonds is 10. The van der Waals surface area contributed by atoms with Crippen molar-refractivity contribution >= 4 is 27.0 Å². The standard InChI is InChI=1S/C25H34N6O3S/c1-3-30(4-2)35(33,34)22-10-11-24-23(18-22)27-28-31(24)17-14-25(32)26-21-12-15-29(16-13-21)19-20-8-6-5-7-9-20/h5-11,18,21H,3-4,12-17,19H2,1-2H3,(H,26,32). The summed E-state index contributed by atoms with van der Waals surface area (Å²) >= 11 is 0. The molecule has 1 amide bonds. The van der Waals surface area contributed by atoms with E-state index in [2.05, 4.69) is 44.8 Å². The lowest BCUT2D eigenvalue weighted by Gasteiger charge is -2.32. The number of likely N-dealkylation sites (tertiary alicyclic amines) is 1. The topological polar surface area (TPSA) is 100 Å². The van der Waals surface area contributed by atoms with Crippen LogP contribution in [0.3, 0.4) is 0 Å². The van der Waals surface area contributed by atoms with Crippen molar-refractivity contribution in [1.82, 2.24) is 29.5 Å². The fraction of sp³-hybridized carbons (Fsp3) is 0.480. The van der Waals surface area contributed by atoms with Crippen molar-refractivity contribution in [1.29, 1.82) is 0 Å². The molecule has 1 fully saturated rings. The Morgan fingerprint density at radius 3 is 2.49 bits per heavy atom. The molecule has 10 heteroatoms. The Balaban J connectivity index is 1.28. The van der Waals surface area contributed by atoms with Crippen LogP contribution in [-0.2, 0) is 27.9 Å². The second-order valence-corrected chi connectivity index (χ2v) is 10.8. The van der Waals surface area contributed by atoms with Gasteiger partial charge in [0.25, 0.3) is 0 Å². The third kappa shape index (κ3) is 6.06. The van der Waals surface area contributed by atoms with E-state index in [-0.39, 0.29) is 16.8 Å². The number of sulfonamides is 1. The minimum Gasteiger partial charge on any atom is -0.353 e. The summed E-state index contributed by atoms with van der Waals surface area (Å²) in [6.45, 7) is 7.70. The minimum atomic E-state index is -3.56. The zero-order chi connectivity index (χ0) is 24.8. The van der Waals surface area contributed by atoms with Crippen LogP contribution in [0.25, 0.3) is 11.0 Å². The maximum Gasteiger partial charge on any atom is 0.243 e. The number of amides is 1. The molecular weight excluding hydrogens is 464 g/mol. The van der Waals surface area contributed by atoms with Crippen LogP contribution >= 0.6 is 0 Å². The van der Waals surface area contributed by atoms with Crippen LogP contribution < -0.4 is 5.32 Å². The molecular formula is C25H34N6O3S. The first-order chi connectivity index (χ1) is 16.9. The highest BCUT2D eigenvalue weighted by Crippen LogP contribution is 2.21. The average molecular weight is 499 g/mol. The Morgan fingerprint density at radius 2 is 1.80 bits per heavy atom. The quantitative estimate of drug-likeness (QED) is 0.461. The second kappa shape index (κ2) is 11.3. The van der Waals surface area contributed by atoms with E-state index in [4.69, 9.17) is 0 Å². The SMILES string of the molecule is CCN(CC)S(=O)(=O)c1ccc2c(c1)nnn2CCC(=O)NC1CCN(Cc2ccccc2)CC1. The number of hydrogen-bond acceptors (Lipinski definition) is 6. The van der Waals surface area contributed by atoms with Crippen LogP contribution in [0.5, 0.6) is 0 Å². The maximum absolute atomic E-state index is 12.8. The van der Waals surface area contributed by atoms with Crippen molar-refractivity contribution in [2.24, 2.45) is 0 Å². The van der Waals surface area contributed by atoms with Crippen LogP contribution in [0.2, 0.25) is 0 Å². The van der Waals surface area contributed by atoms with Crippen LogP contribution in [0.1, 0.15) is 38.7 Å². The monoisotopic (exact) mass is 498 g/mol. The smallest absolute Gasteiger partial charge is 0.243 e. The van der Waals surface area contributed by atoms with E-state index in [0.29, 0.717) is 37.1 Å². The summed E-state index contributed by atoms with van der Waals surface area (Å²) in [5.74, 6) is -0.00380. The van der Waals surface area contributed by atoms with Gasteiger partial charge in [-0.2, -0.15) is 4.31 Å². The van der Waals surface area contributed by atoms with Gasteiger partial charge < -0.3 is 5.32 Å². The van der Waals surface area contributed by atoms with E-state index in [9.17, 15) is 13.2 Å². The first-order valence-corrected chi connectivity index (χ1v) is 13.7. The molecule has 1 aliphatic heterocycles. The van der Waals surface area contributed by atoms with Gasteiger partial charge in [-0.25, -0.2) is 13.1 Å². The number of hydrogen-bond donors (Lipinski definition) is 1. The molecule has 0 spiro atoms. The van der Waals surface area contributed by atoms with Crippen LogP contribution in [-0.4, -0.2) is 70.7 Å². The molecule has 0 radical (unpaired) electrons. The van der Waals surface area contributed by atoms with Gasteiger partial charge in [0, 0.05) is 45.2 Å². The van der Waals surface area contributed by atoms with E-state index in [0.717, 1.165) is 32.5 Å². The van der Waals surface area contributed by atoms with Crippen molar-refractivity contribution < 1.29 is 13.2 Å². The van der Waals surface area contributed by atoms with Crippen LogP contribution in [0.4, 0.5) is 0 Å². The summed E-state index contributed by atoms with van der Waals surface area (Å²) < 4.78 is 28.6. The molecule has 188 valence electrons. The summed E-state index contributed by atoms with van der Waals surface area (Å²) in [6.07, 6.45) is 2.17. The largest absolute Gasteiger partial charge is 0.353 e. The number of carbonyl (C=O) groups excluding carboxylic acids is 1. The molecule has 2 heterocycles. The van der Waals surface area contributed by atoms with Gasteiger partial charge in [0.15, 0.2) is 0 Å². The second-order valence-electron chi connectivity index (χ2n) is 8.91. The number of piperidine rings is 1. The van der Waals surface area contributed by atoms with Gasteiger partial charge in [0.05, 0.1) is 17.0 Å². The van der Waals surface area contributed by atoms with Crippen molar-refractivity contribution in [2.45, 2.75) is 57.1 Å². The lowest BCUT2D eigenvalue weighted by atomic mass is 10.0. The summed E-state index contributed by atoms with van der Waals surface area (Å²) in [5, 5.41) is 11.4. The van der Waals surface area contributed by atoms with E-state index >= 15 is 0 Å². The molecule has 0 atom stereocenters. The van der Waals surface area contributed by atoms with Gasteiger partial charge in [0.1, 0.15) is 5.52 Å². The molecule has 4 rings (SSSR count). The van der Waals surface area contributed by atoms with Crippen LogP contribution in [0.15, 0.2) is 53.4 Å². The first kappa shape index (κ1) is 25.3. The highest BCUT2D eigenvalue weighted by atomic mass is 32.2. The molecule has 9 nitrogen and oxygen atoms in total. The molecule has 1 aliphatic rings. The maximum atomic E-state index is 12.8. The Bertz CT molecular complexity index is 1230. The molecule has 2 aromatic carbocycles. The third-order valence-electron chi connectivity index (χ3n) is 6.58. The summed E-state index contributed by atoms with van der Waals surface area (Å²) in [6, 6.07) is 15.5. The number of nitrogens with zero attached hydrogens (tertiary/aromatic N) is 5. The molecule has 0 unspecified atom stereocenters. The fourth-order valence-corrected chi connectivity index (χ4v) is 6.05. The lowest BCUT2D eigenvalue weighted by molar-refractivity contribution is -0.122. The fourth-order valence-electron chi connectivity index (χ4n) is 4.57. The van der Waals surface area contributed by atoms with Crippen molar-refractivity contribution in [3.63, 3.8) is 0 Å². The molecule has 0 bridgehead atoms. The molecule has 35 heavy (non-hydrogen) atoms. The van der Waals surface area contributed by atoms with E-state index < -0.39 is 10.0 Å². The Hall–Kier alpha value is -2.82. The number of aromatic nitrogens is 3. The number of nitrogens with one attached hydrogen (secondary N) is 1. The van der Waals surface area contributed by atoms with E-state index in [1.807, 2.05) is 19.9 Å². The molecule has 3 aromatic rings. The lowest BCUT2D eigenvalue weighted by Crippen LogP contribution is -2.44. The number of fused-ring (bicyclic) bond motifs is 1. The predicted octanol–water partition coefficient (Wildman–Crippen LogP) is 2.63. The average Bonchev–Trinajstić information content (AvgIpc) is 3.27. The van der Waals surface area contributed by atoms with Crippen molar-refractivity contribution in [3.05, 3.63) is 54.1 Å². The van der Waals surface area contributed by atoms with Gasteiger partial charge in [-0.1, -0.05) is 49.4 Å². The first-order valence-electron chi connectivity index (χ1n) is 12.3.